The van der Waals surface area contributed by atoms with Gasteiger partial charge in [-0.15, -0.1) is 0 Å². The summed E-state index contributed by atoms with van der Waals surface area (Å²) in [4.78, 5) is 19.1. The lowest BCUT2D eigenvalue weighted by molar-refractivity contribution is -0.123. The zero-order valence-electron chi connectivity index (χ0n) is 10.3. The fourth-order valence-electron chi connectivity index (χ4n) is 2.28. The van der Waals surface area contributed by atoms with Crippen LogP contribution in [0.4, 0.5) is 4.39 Å². The number of hydrogen-bond donors (Lipinski definition) is 2. The standard InChI is InChI=1S/C14H14FN3O/c15-11-3-1-2-10(6-11)14(4-5-14)13(19)17-8-12-7-16-9-18-12/h1-3,6-7,9H,4-5,8H2,(H,16,18)(H,17,19). The molecule has 3 rings (SSSR count). The maximum absolute atomic E-state index is 13.3. The SMILES string of the molecule is O=C(NCc1cnc[nH]1)C1(c2cccc(F)c2)CC1. The van der Waals surface area contributed by atoms with Crippen molar-refractivity contribution in [1.82, 2.24) is 15.3 Å². The molecule has 1 aromatic heterocycles. The Labute approximate surface area is 110 Å². The van der Waals surface area contributed by atoms with Gasteiger partial charge in [0, 0.05) is 6.20 Å². The summed E-state index contributed by atoms with van der Waals surface area (Å²) in [6.07, 6.45) is 4.78. The van der Waals surface area contributed by atoms with Gasteiger partial charge in [-0.25, -0.2) is 9.37 Å². The highest BCUT2D eigenvalue weighted by Gasteiger charge is 2.51. The Morgan fingerprint density at radius 2 is 2.32 bits per heavy atom. The van der Waals surface area contributed by atoms with E-state index in [0.29, 0.717) is 6.54 Å². The van der Waals surface area contributed by atoms with E-state index < -0.39 is 5.41 Å². The lowest BCUT2D eigenvalue weighted by Gasteiger charge is -2.15. The molecule has 1 aliphatic carbocycles. The number of rotatable bonds is 4. The molecule has 2 N–H and O–H groups in total. The van der Waals surface area contributed by atoms with Gasteiger partial charge >= 0.3 is 0 Å². The number of aromatic amines is 1. The Morgan fingerprint density at radius 3 is 2.95 bits per heavy atom. The highest BCUT2D eigenvalue weighted by atomic mass is 19.1. The number of carbonyl (C=O) groups excluding carboxylic acids is 1. The number of nitrogens with one attached hydrogen (secondary N) is 2. The molecule has 0 bridgehead atoms. The Balaban J connectivity index is 1.72. The zero-order valence-corrected chi connectivity index (χ0v) is 10.3. The van der Waals surface area contributed by atoms with E-state index in [1.54, 1.807) is 18.6 Å². The predicted octanol–water partition coefficient (Wildman–Crippen LogP) is 1.90. The number of aromatic nitrogens is 2. The number of amides is 1. The maximum atomic E-state index is 13.3. The third-order valence-electron chi connectivity index (χ3n) is 3.56. The van der Waals surface area contributed by atoms with Gasteiger partial charge in [0.15, 0.2) is 0 Å². The first-order valence-corrected chi connectivity index (χ1v) is 6.22. The molecule has 2 aromatic rings. The van der Waals surface area contributed by atoms with E-state index in [2.05, 4.69) is 15.3 Å². The largest absolute Gasteiger partial charge is 0.350 e. The van der Waals surface area contributed by atoms with E-state index in [9.17, 15) is 9.18 Å². The second-order valence-corrected chi connectivity index (χ2v) is 4.85. The van der Waals surface area contributed by atoms with Gasteiger partial charge in [-0.2, -0.15) is 0 Å². The molecule has 0 unspecified atom stereocenters. The van der Waals surface area contributed by atoms with Crippen LogP contribution >= 0.6 is 0 Å². The molecule has 1 amide bonds. The Morgan fingerprint density at radius 1 is 1.47 bits per heavy atom. The van der Waals surface area contributed by atoms with Gasteiger partial charge in [-0.05, 0) is 30.5 Å². The Bertz CT molecular complexity index is 590. The van der Waals surface area contributed by atoms with Crippen molar-refractivity contribution in [2.24, 2.45) is 0 Å². The molecular weight excluding hydrogens is 245 g/mol. The minimum Gasteiger partial charge on any atom is -0.350 e. The summed E-state index contributed by atoms with van der Waals surface area (Å²) in [5.41, 5.74) is 1.07. The van der Waals surface area contributed by atoms with Crippen molar-refractivity contribution < 1.29 is 9.18 Å². The van der Waals surface area contributed by atoms with E-state index in [0.717, 1.165) is 24.1 Å². The lowest BCUT2D eigenvalue weighted by Crippen LogP contribution is -2.34. The number of halogens is 1. The van der Waals surface area contributed by atoms with Crippen LogP contribution in [0.15, 0.2) is 36.8 Å². The van der Waals surface area contributed by atoms with E-state index in [-0.39, 0.29) is 11.7 Å². The molecule has 1 aromatic carbocycles. The van der Waals surface area contributed by atoms with Crippen LogP contribution in [0.25, 0.3) is 0 Å². The van der Waals surface area contributed by atoms with Gasteiger partial charge in [0.25, 0.3) is 0 Å². The number of H-pyrrole nitrogens is 1. The molecule has 0 spiro atoms. The summed E-state index contributed by atoms with van der Waals surface area (Å²) in [7, 11) is 0. The van der Waals surface area contributed by atoms with E-state index >= 15 is 0 Å². The van der Waals surface area contributed by atoms with Crippen molar-refractivity contribution in [3.05, 3.63) is 53.9 Å². The minimum atomic E-state index is -0.540. The third-order valence-corrected chi connectivity index (χ3v) is 3.56. The van der Waals surface area contributed by atoms with Gasteiger partial charge in [0.05, 0.1) is 24.0 Å². The second kappa shape index (κ2) is 4.50. The van der Waals surface area contributed by atoms with Gasteiger partial charge < -0.3 is 10.3 Å². The van der Waals surface area contributed by atoms with Crippen molar-refractivity contribution in [3.63, 3.8) is 0 Å². The number of nitrogens with zero attached hydrogens (tertiary/aromatic N) is 1. The predicted molar refractivity (Wildman–Crippen MR) is 67.7 cm³/mol. The average Bonchev–Trinajstić information content (AvgIpc) is 3.06. The van der Waals surface area contributed by atoms with Crippen LogP contribution in [-0.4, -0.2) is 15.9 Å². The van der Waals surface area contributed by atoms with Crippen molar-refractivity contribution >= 4 is 5.91 Å². The topological polar surface area (TPSA) is 57.8 Å². The molecule has 1 fully saturated rings. The zero-order chi connectivity index (χ0) is 13.3. The van der Waals surface area contributed by atoms with Gasteiger partial charge in [0.1, 0.15) is 5.82 Å². The number of benzene rings is 1. The third kappa shape index (κ3) is 2.23. The van der Waals surface area contributed by atoms with E-state index in [4.69, 9.17) is 0 Å². The molecule has 1 saturated carbocycles. The van der Waals surface area contributed by atoms with Crippen LogP contribution in [0.5, 0.6) is 0 Å². The number of carbonyl (C=O) groups is 1. The smallest absolute Gasteiger partial charge is 0.230 e. The van der Waals surface area contributed by atoms with Crippen molar-refractivity contribution in [2.75, 3.05) is 0 Å². The first-order chi connectivity index (χ1) is 9.21. The van der Waals surface area contributed by atoms with Crippen LogP contribution in [-0.2, 0) is 16.8 Å². The van der Waals surface area contributed by atoms with Crippen molar-refractivity contribution in [3.8, 4) is 0 Å². The van der Waals surface area contributed by atoms with Crippen LogP contribution < -0.4 is 5.32 Å². The molecule has 0 saturated heterocycles. The second-order valence-electron chi connectivity index (χ2n) is 4.85. The molecular formula is C14H14FN3O. The number of hydrogen-bond acceptors (Lipinski definition) is 2. The molecule has 1 aliphatic rings. The number of imidazole rings is 1. The minimum absolute atomic E-state index is 0.0484. The van der Waals surface area contributed by atoms with Crippen LogP contribution in [0.2, 0.25) is 0 Å². The Kier molecular flexibility index (Phi) is 2.81. The summed E-state index contributed by atoms with van der Waals surface area (Å²) in [5, 5.41) is 2.87. The van der Waals surface area contributed by atoms with E-state index in [1.165, 1.54) is 12.1 Å². The lowest BCUT2D eigenvalue weighted by atomic mass is 9.95. The molecule has 5 heteroatoms. The molecule has 19 heavy (non-hydrogen) atoms. The molecule has 0 aliphatic heterocycles. The summed E-state index contributed by atoms with van der Waals surface area (Å²) in [6.45, 7) is 0.413. The fourth-order valence-corrected chi connectivity index (χ4v) is 2.28. The highest BCUT2D eigenvalue weighted by Crippen LogP contribution is 2.48. The monoisotopic (exact) mass is 259 g/mol. The Hall–Kier alpha value is -2.17. The fraction of sp³-hybridized carbons (Fsp3) is 0.286. The van der Waals surface area contributed by atoms with Crippen LogP contribution in [0, 0.1) is 5.82 Å². The van der Waals surface area contributed by atoms with Gasteiger partial charge in [-0.1, -0.05) is 12.1 Å². The molecule has 4 nitrogen and oxygen atoms in total. The quantitative estimate of drug-likeness (QED) is 0.881. The maximum Gasteiger partial charge on any atom is 0.230 e. The molecule has 98 valence electrons. The first-order valence-electron chi connectivity index (χ1n) is 6.22. The first kappa shape index (κ1) is 11.9. The van der Waals surface area contributed by atoms with E-state index in [1.807, 2.05) is 6.07 Å². The summed E-state index contributed by atoms with van der Waals surface area (Å²) in [5.74, 6) is -0.349. The van der Waals surface area contributed by atoms with Crippen molar-refractivity contribution in [1.29, 1.82) is 0 Å². The van der Waals surface area contributed by atoms with Crippen LogP contribution in [0.1, 0.15) is 24.1 Å². The summed E-state index contributed by atoms with van der Waals surface area (Å²) >= 11 is 0. The molecule has 0 radical (unpaired) electrons. The molecule has 1 heterocycles. The van der Waals surface area contributed by atoms with Gasteiger partial charge in [-0.3, -0.25) is 4.79 Å². The van der Waals surface area contributed by atoms with Crippen molar-refractivity contribution in [2.45, 2.75) is 24.8 Å². The summed E-state index contributed by atoms with van der Waals surface area (Å²) < 4.78 is 13.3. The normalized spacial score (nSPS) is 16.1. The van der Waals surface area contributed by atoms with Gasteiger partial charge in [0.2, 0.25) is 5.91 Å². The molecule has 0 atom stereocenters. The highest BCUT2D eigenvalue weighted by molar-refractivity contribution is 5.91. The van der Waals surface area contributed by atoms with Crippen LogP contribution in [0.3, 0.4) is 0 Å². The average molecular weight is 259 g/mol. The summed E-state index contributed by atoms with van der Waals surface area (Å²) in [6, 6.07) is 6.30.